The van der Waals surface area contributed by atoms with Gasteiger partial charge in [-0.1, -0.05) is 20.8 Å². The summed E-state index contributed by atoms with van der Waals surface area (Å²) < 4.78 is 36.2. The number of ether oxygens (including phenoxy) is 1. The van der Waals surface area contributed by atoms with Gasteiger partial charge in [-0.25, -0.2) is 22.6 Å². The molecule has 1 aromatic carbocycles. The van der Waals surface area contributed by atoms with E-state index in [-0.39, 0.29) is 45.6 Å². The van der Waals surface area contributed by atoms with E-state index in [4.69, 9.17) is 4.74 Å². The highest BCUT2D eigenvalue weighted by atomic mass is 32.2. The molecule has 0 saturated heterocycles. The van der Waals surface area contributed by atoms with E-state index in [1.54, 1.807) is 27.7 Å². The van der Waals surface area contributed by atoms with Gasteiger partial charge in [0.05, 0.1) is 0 Å². The number of carboxylic acid groups (broad SMARTS) is 1. The molecule has 0 aliphatic heterocycles. The minimum absolute atomic E-state index is 0.0121. The van der Waals surface area contributed by atoms with Crippen LogP contribution in [0, 0.1) is 12.8 Å². The highest BCUT2D eigenvalue weighted by Crippen LogP contribution is 2.34. The first-order valence-corrected chi connectivity index (χ1v) is 12.4. The molecule has 10 nitrogen and oxygen atoms in total. The van der Waals surface area contributed by atoms with Crippen LogP contribution in [0.3, 0.4) is 0 Å². The van der Waals surface area contributed by atoms with Gasteiger partial charge in [0.2, 0.25) is 21.8 Å². The van der Waals surface area contributed by atoms with Crippen LogP contribution in [-0.4, -0.2) is 41.2 Å². The molecule has 0 saturated carbocycles. The number of aromatic nitrogens is 2. The third-order valence-corrected chi connectivity index (χ3v) is 6.98. The van der Waals surface area contributed by atoms with Crippen molar-refractivity contribution >= 4 is 27.6 Å². The largest absolute Gasteiger partial charge is 0.476 e. The van der Waals surface area contributed by atoms with Crippen LogP contribution in [0.5, 0.6) is 11.6 Å². The molecule has 0 radical (unpaired) electrons. The van der Waals surface area contributed by atoms with Crippen molar-refractivity contribution in [2.75, 3.05) is 5.32 Å². The second kappa shape index (κ2) is 10.8. The van der Waals surface area contributed by atoms with Crippen LogP contribution in [0.15, 0.2) is 23.1 Å². The normalized spacial score (nSPS) is 13.4. The predicted molar refractivity (Wildman–Crippen MR) is 124 cm³/mol. The van der Waals surface area contributed by atoms with E-state index in [1.165, 1.54) is 22.9 Å². The predicted octanol–water partition coefficient (Wildman–Crippen LogP) is 3.76. The molecule has 2 rings (SSSR count). The summed E-state index contributed by atoms with van der Waals surface area (Å²) in [6, 6.07) is 3.98. The van der Waals surface area contributed by atoms with Gasteiger partial charge in [0.25, 0.3) is 0 Å². The lowest BCUT2D eigenvalue weighted by Gasteiger charge is -2.18. The molecule has 11 heteroatoms. The molecule has 33 heavy (non-hydrogen) atoms. The standard InChI is InChI=1S/C22H32N4O6S/c1-7-13(4)20(27)23-16-10-11-17(18(12-16)33(30,31)25-14(5)8-2)32-21-15(6)19(22(28)29)24-26(21)9-3/h10-14,25H,7-9H2,1-6H3,(H,23,27)(H,28,29)/t13-,14-/m0/s1. The lowest BCUT2D eigenvalue weighted by atomic mass is 10.1. The number of nitrogens with zero attached hydrogens (tertiary/aromatic N) is 2. The monoisotopic (exact) mass is 480 g/mol. The summed E-state index contributed by atoms with van der Waals surface area (Å²) in [5.74, 6) is -1.56. The number of hydrogen-bond donors (Lipinski definition) is 3. The average Bonchev–Trinajstić information content (AvgIpc) is 3.09. The summed E-state index contributed by atoms with van der Waals surface area (Å²) in [7, 11) is -4.02. The molecule has 182 valence electrons. The number of sulfonamides is 1. The summed E-state index contributed by atoms with van der Waals surface area (Å²) in [4.78, 5) is 23.6. The van der Waals surface area contributed by atoms with Gasteiger partial charge < -0.3 is 15.2 Å². The summed E-state index contributed by atoms with van der Waals surface area (Å²) in [6.07, 6.45) is 1.21. The van der Waals surface area contributed by atoms with Crippen LogP contribution in [0.2, 0.25) is 0 Å². The molecule has 0 aliphatic carbocycles. The van der Waals surface area contributed by atoms with Crippen molar-refractivity contribution in [3.63, 3.8) is 0 Å². The maximum Gasteiger partial charge on any atom is 0.356 e. The minimum atomic E-state index is -4.02. The van der Waals surface area contributed by atoms with Crippen molar-refractivity contribution in [2.24, 2.45) is 5.92 Å². The van der Waals surface area contributed by atoms with Crippen molar-refractivity contribution in [1.82, 2.24) is 14.5 Å². The van der Waals surface area contributed by atoms with Crippen molar-refractivity contribution < 1.29 is 27.9 Å². The molecule has 1 heterocycles. The lowest BCUT2D eigenvalue weighted by Crippen LogP contribution is -2.32. The number of nitrogens with one attached hydrogen (secondary N) is 2. The SMILES string of the molecule is CC[C@H](C)NS(=O)(=O)c1cc(NC(=O)[C@@H](C)CC)ccc1Oc1c(C)c(C(=O)O)nn1CC. The zero-order valence-electron chi connectivity index (χ0n) is 19.8. The summed E-state index contributed by atoms with van der Waals surface area (Å²) >= 11 is 0. The minimum Gasteiger partial charge on any atom is -0.476 e. The van der Waals surface area contributed by atoms with Gasteiger partial charge in [-0.3, -0.25) is 4.79 Å². The summed E-state index contributed by atoms with van der Waals surface area (Å²) in [6.45, 7) is 10.9. The van der Waals surface area contributed by atoms with Crippen molar-refractivity contribution in [3.8, 4) is 11.6 Å². The third-order valence-electron chi connectivity index (χ3n) is 5.37. The van der Waals surface area contributed by atoms with Crippen LogP contribution >= 0.6 is 0 Å². The maximum atomic E-state index is 13.2. The van der Waals surface area contributed by atoms with Gasteiger partial charge in [-0.05, 0) is 51.8 Å². The first-order valence-electron chi connectivity index (χ1n) is 10.9. The maximum absolute atomic E-state index is 13.2. The number of anilines is 1. The molecule has 0 bridgehead atoms. The van der Waals surface area contributed by atoms with Gasteiger partial charge in [-0.2, -0.15) is 5.10 Å². The number of carboxylic acids is 1. The topological polar surface area (TPSA) is 140 Å². The third kappa shape index (κ3) is 6.11. The van der Waals surface area contributed by atoms with E-state index >= 15 is 0 Å². The number of rotatable bonds is 11. The van der Waals surface area contributed by atoms with E-state index < -0.39 is 16.0 Å². The van der Waals surface area contributed by atoms with Crippen molar-refractivity contribution in [2.45, 2.75) is 71.9 Å². The van der Waals surface area contributed by atoms with Crippen LogP contribution in [0.25, 0.3) is 0 Å². The van der Waals surface area contributed by atoms with Gasteiger partial charge in [0.15, 0.2) is 5.69 Å². The fourth-order valence-electron chi connectivity index (χ4n) is 2.93. The van der Waals surface area contributed by atoms with Crippen LogP contribution in [0.1, 0.15) is 63.5 Å². The number of amides is 1. The van der Waals surface area contributed by atoms with E-state index in [1.807, 2.05) is 13.8 Å². The van der Waals surface area contributed by atoms with E-state index in [2.05, 4.69) is 15.1 Å². The van der Waals surface area contributed by atoms with Crippen LogP contribution in [-0.2, 0) is 21.4 Å². The molecule has 0 unspecified atom stereocenters. The average molecular weight is 481 g/mol. The zero-order valence-corrected chi connectivity index (χ0v) is 20.6. The van der Waals surface area contributed by atoms with Gasteiger partial charge in [-0.15, -0.1) is 0 Å². The molecule has 0 spiro atoms. The fraction of sp³-hybridized carbons (Fsp3) is 0.500. The lowest BCUT2D eigenvalue weighted by molar-refractivity contribution is -0.119. The van der Waals surface area contributed by atoms with Crippen molar-refractivity contribution in [1.29, 1.82) is 0 Å². The number of carbonyl (C=O) groups excluding carboxylic acids is 1. The Morgan fingerprint density at radius 3 is 2.39 bits per heavy atom. The number of hydrogen-bond acceptors (Lipinski definition) is 6. The molecule has 0 fully saturated rings. The highest BCUT2D eigenvalue weighted by Gasteiger charge is 2.26. The quantitative estimate of drug-likeness (QED) is 0.445. The second-order valence-electron chi connectivity index (χ2n) is 7.89. The molecular weight excluding hydrogens is 448 g/mol. The summed E-state index contributed by atoms with van der Waals surface area (Å²) in [5, 5.41) is 16.2. The first-order chi connectivity index (χ1) is 15.4. The van der Waals surface area contributed by atoms with Gasteiger partial charge in [0, 0.05) is 29.8 Å². The Morgan fingerprint density at radius 1 is 1.18 bits per heavy atom. The number of aromatic carboxylic acids is 1. The summed E-state index contributed by atoms with van der Waals surface area (Å²) in [5.41, 5.74) is 0.410. The van der Waals surface area contributed by atoms with Crippen molar-refractivity contribution in [3.05, 3.63) is 29.5 Å². The molecule has 1 amide bonds. The Labute approximate surface area is 194 Å². The number of aryl methyl sites for hydroxylation is 1. The molecule has 2 atom stereocenters. The van der Waals surface area contributed by atoms with Crippen LogP contribution in [0.4, 0.5) is 5.69 Å². The van der Waals surface area contributed by atoms with Gasteiger partial charge >= 0.3 is 5.97 Å². The first kappa shape index (κ1) is 26.3. The fourth-order valence-corrected chi connectivity index (χ4v) is 4.41. The number of benzene rings is 1. The smallest absolute Gasteiger partial charge is 0.356 e. The van der Waals surface area contributed by atoms with Gasteiger partial charge in [0.1, 0.15) is 10.6 Å². The van der Waals surface area contributed by atoms with E-state index in [0.717, 1.165) is 0 Å². The molecule has 1 aromatic heterocycles. The molecule has 3 N–H and O–H groups in total. The van der Waals surface area contributed by atoms with Crippen LogP contribution < -0.4 is 14.8 Å². The van der Waals surface area contributed by atoms with E-state index in [9.17, 15) is 23.1 Å². The zero-order chi connectivity index (χ0) is 24.9. The molecular formula is C22H32N4O6S. The Bertz CT molecular complexity index is 1130. The Kier molecular flexibility index (Phi) is 8.62. The molecule has 0 aliphatic rings. The second-order valence-corrected chi connectivity index (χ2v) is 9.57. The Balaban J connectivity index is 2.58. The number of carbonyl (C=O) groups is 2. The Hall–Kier alpha value is -2.92. The van der Waals surface area contributed by atoms with E-state index in [0.29, 0.717) is 25.1 Å². The Morgan fingerprint density at radius 2 is 1.85 bits per heavy atom. The molecule has 2 aromatic rings. The highest BCUT2D eigenvalue weighted by molar-refractivity contribution is 7.89.